The number of nitrogens with zero attached hydrogens (tertiary/aromatic N) is 2. The molecule has 3 aromatic rings. The number of halogens is 1. The number of methoxy groups -OCH3 is 1. The highest BCUT2D eigenvalue weighted by Gasteiger charge is 2.37. The van der Waals surface area contributed by atoms with Gasteiger partial charge in [0.25, 0.3) is 11.8 Å². The minimum absolute atomic E-state index is 0.159. The number of aryl methyl sites for hydroxylation is 1. The van der Waals surface area contributed by atoms with Crippen LogP contribution in [0.1, 0.15) is 17.0 Å². The zero-order valence-electron chi connectivity index (χ0n) is 17.7. The smallest absolute Gasteiger partial charge is 0.335 e. The zero-order valence-corrected chi connectivity index (χ0v) is 17.7. The zero-order chi connectivity index (χ0) is 23.0. The fourth-order valence-electron chi connectivity index (χ4n) is 3.76. The van der Waals surface area contributed by atoms with Gasteiger partial charge in [0.05, 0.1) is 18.5 Å². The lowest BCUT2D eigenvalue weighted by atomic mass is 10.1. The lowest BCUT2D eigenvalue weighted by Crippen LogP contribution is -2.54. The number of imide groups is 2. The van der Waals surface area contributed by atoms with Crippen LogP contribution in [0.4, 0.5) is 14.9 Å². The number of benzene rings is 2. The number of aromatic nitrogens is 1. The number of amides is 4. The van der Waals surface area contributed by atoms with Gasteiger partial charge in [0.15, 0.2) is 0 Å². The Morgan fingerprint density at radius 3 is 2.38 bits per heavy atom. The lowest BCUT2D eigenvalue weighted by Gasteiger charge is -2.26. The van der Waals surface area contributed by atoms with Crippen LogP contribution in [-0.4, -0.2) is 29.5 Å². The second kappa shape index (κ2) is 8.14. The Morgan fingerprint density at radius 2 is 1.69 bits per heavy atom. The van der Waals surface area contributed by atoms with Crippen molar-refractivity contribution in [3.63, 3.8) is 0 Å². The number of carbonyl (C=O) groups excluding carboxylic acids is 3. The maximum Gasteiger partial charge on any atom is 0.335 e. The molecule has 2 aromatic carbocycles. The number of nitrogens with one attached hydrogen (secondary N) is 1. The van der Waals surface area contributed by atoms with Gasteiger partial charge in [0, 0.05) is 11.4 Å². The van der Waals surface area contributed by atoms with Crippen LogP contribution in [0.3, 0.4) is 0 Å². The molecular formula is C24H20FN3O4. The van der Waals surface area contributed by atoms with E-state index in [4.69, 9.17) is 4.74 Å². The van der Waals surface area contributed by atoms with Crippen molar-refractivity contribution in [3.05, 3.63) is 82.9 Å². The molecule has 4 rings (SSSR count). The van der Waals surface area contributed by atoms with Crippen molar-refractivity contribution in [2.75, 3.05) is 12.0 Å². The van der Waals surface area contributed by atoms with Crippen LogP contribution in [0, 0.1) is 19.7 Å². The molecule has 1 aliphatic heterocycles. The summed E-state index contributed by atoms with van der Waals surface area (Å²) in [5, 5.41) is 2.17. The first-order valence-corrected chi connectivity index (χ1v) is 9.81. The van der Waals surface area contributed by atoms with Crippen LogP contribution >= 0.6 is 0 Å². The maximum absolute atomic E-state index is 13.3. The van der Waals surface area contributed by atoms with E-state index in [1.54, 1.807) is 7.11 Å². The molecule has 1 fully saturated rings. The molecule has 162 valence electrons. The summed E-state index contributed by atoms with van der Waals surface area (Å²) in [4.78, 5) is 38.7. The highest BCUT2D eigenvalue weighted by Crippen LogP contribution is 2.30. The van der Waals surface area contributed by atoms with Gasteiger partial charge >= 0.3 is 6.03 Å². The Hall–Kier alpha value is -4.20. The van der Waals surface area contributed by atoms with E-state index in [0.717, 1.165) is 34.1 Å². The van der Waals surface area contributed by atoms with E-state index in [-0.39, 0.29) is 11.3 Å². The molecule has 1 aromatic heterocycles. The van der Waals surface area contributed by atoms with E-state index in [2.05, 4.69) is 5.32 Å². The van der Waals surface area contributed by atoms with Gasteiger partial charge in [0.1, 0.15) is 17.1 Å². The van der Waals surface area contributed by atoms with E-state index in [0.29, 0.717) is 11.3 Å². The molecule has 4 amide bonds. The number of anilines is 1. The van der Waals surface area contributed by atoms with Crippen LogP contribution in [0.2, 0.25) is 0 Å². The first-order valence-electron chi connectivity index (χ1n) is 9.81. The predicted molar refractivity (Wildman–Crippen MR) is 117 cm³/mol. The van der Waals surface area contributed by atoms with Gasteiger partial charge in [-0.2, -0.15) is 0 Å². The highest BCUT2D eigenvalue weighted by molar-refractivity contribution is 6.39. The molecule has 7 nitrogen and oxygen atoms in total. The molecule has 0 aliphatic carbocycles. The molecule has 0 atom stereocenters. The third-order valence-electron chi connectivity index (χ3n) is 5.28. The Morgan fingerprint density at radius 1 is 1.00 bits per heavy atom. The summed E-state index contributed by atoms with van der Waals surface area (Å²) < 4.78 is 20.7. The van der Waals surface area contributed by atoms with Crippen molar-refractivity contribution < 1.29 is 23.5 Å². The standard InChI is InChI=1S/C24H20FN3O4/c1-14-12-16(15(2)27(14)20-6-4-5-7-21(20)32-3)13-19-22(29)26-24(31)28(23(19)30)18-10-8-17(25)9-11-18/h4-13H,1-3H3,(H,26,29,31)/b19-13-. The Balaban J connectivity index is 1.78. The fraction of sp³-hybridized carbons (Fsp3) is 0.125. The van der Waals surface area contributed by atoms with Crippen molar-refractivity contribution in [2.45, 2.75) is 13.8 Å². The number of ether oxygens (including phenoxy) is 1. The molecule has 32 heavy (non-hydrogen) atoms. The number of carbonyl (C=O) groups is 3. The van der Waals surface area contributed by atoms with E-state index in [1.165, 1.54) is 18.2 Å². The number of hydrogen-bond acceptors (Lipinski definition) is 4. The molecule has 1 aliphatic rings. The molecule has 0 bridgehead atoms. The van der Waals surface area contributed by atoms with Gasteiger partial charge in [-0.3, -0.25) is 14.9 Å². The maximum atomic E-state index is 13.3. The van der Waals surface area contributed by atoms with Crippen LogP contribution in [-0.2, 0) is 9.59 Å². The van der Waals surface area contributed by atoms with E-state index in [9.17, 15) is 18.8 Å². The average Bonchev–Trinajstić information content (AvgIpc) is 3.05. The predicted octanol–water partition coefficient (Wildman–Crippen LogP) is 3.91. The third kappa shape index (κ3) is 3.56. The second-order valence-electron chi connectivity index (χ2n) is 7.27. The largest absolute Gasteiger partial charge is 0.495 e. The monoisotopic (exact) mass is 433 g/mol. The quantitative estimate of drug-likeness (QED) is 0.500. The van der Waals surface area contributed by atoms with E-state index < -0.39 is 23.7 Å². The Labute approximate surface area is 183 Å². The molecule has 0 spiro atoms. The minimum Gasteiger partial charge on any atom is -0.495 e. The van der Waals surface area contributed by atoms with Gasteiger partial charge in [0.2, 0.25) is 0 Å². The second-order valence-corrected chi connectivity index (χ2v) is 7.27. The first kappa shape index (κ1) is 21.0. The molecule has 0 unspecified atom stereocenters. The number of barbiturate groups is 1. The molecule has 8 heteroatoms. The van der Waals surface area contributed by atoms with Crippen molar-refractivity contribution in [1.29, 1.82) is 0 Å². The number of para-hydroxylation sites is 2. The fourth-order valence-corrected chi connectivity index (χ4v) is 3.76. The van der Waals surface area contributed by atoms with Gasteiger partial charge in [-0.1, -0.05) is 12.1 Å². The van der Waals surface area contributed by atoms with Crippen LogP contribution in [0.15, 0.2) is 60.2 Å². The Bertz CT molecular complexity index is 1270. The molecule has 1 saturated heterocycles. The summed E-state index contributed by atoms with van der Waals surface area (Å²) in [6.45, 7) is 3.76. The minimum atomic E-state index is -0.886. The topological polar surface area (TPSA) is 80.6 Å². The van der Waals surface area contributed by atoms with Gasteiger partial charge < -0.3 is 9.30 Å². The summed E-state index contributed by atoms with van der Waals surface area (Å²) in [7, 11) is 1.59. The van der Waals surface area contributed by atoms with Gasteiger partial charge in [-0.15, -0.1) is 0 Å². The van der Waals surface area contributed by atoms with Crippen molar-refractivity contribution in [1.82, 2.24) is 9.88 Å². The van der Waals surface area contributed by atoms with Crippen LogP contribution in [0.5, 0.6) is 5.75 Å². The lowest BCUT2D eigenvalue weighted by molar-refractivity contribution is -0.122. The van der Waals surface area contributed by atoms with E-state index >= 15 is 0 Å². The molecule has 0 saturated carbocycles. The Kier molecular flexibility index (Phi) is 5.36. The van der Waals surface area contributed by atoms with Gasteiger partial charge in [-0.25, -0.2) is 14.1 Å². The summed E-state index contributed by atoms with van der Waals surface area (Å²) in [5.41, 5.74) is 3.07. The van der Waals surface area contributed by atoms with Crippen molar-refractivity contribution >= 4 is 29.6 Å². The molecular weight excluding hydrogens is 413 g/mol. The third-order valence-corrected chi connectivity index (χ3v) is 5.28. The van der Waals surface area contributed by atoms with Crippen molar-refractivity contribution in [3.8, 4) is 11.4 Å². The molecule has 2 heterocycles. The van der Waals surface area contributed by atoms with E-state index in [1.807, 2.05) is 48.7 Å². The van der Waals surface area contributed by atoms with Crippen LogP contribution in [0.25, 0.3) is 11.8 Å². The highest BCUT2D eigenvalue weighted by atomic mass is 19.1. The van der Waals surface area contributed by atoms with Crippen molar-refractivity contribution in [2.24, 2.45) is 0 Å². The van der Waals surface area contributed by atoms with Gasteiger partial charge in [-0.05, 0) is 68.0 Å². The molecule has 1 N–H and O–H groups in total. The SMILES string of the molecule is COc1ccccc1-n1c(C)cc(/C=C2/C(=O)NC(=O)N(c3ccc(F)cc3)C2=O)c1C. The molecule has 0 radical (unpaired) electrons. The number of rotatable bonds is 4. The number of urea groups is 1. The average molecular weight is 433 g/mol. The van der Waals surface area contributed by atoms with Crippen LogP contribution < -0.4 is 15.0 Å². The summed E-state index contributed by atoms with van der Waals surface area (Å²) >= 11 is 0. The summed E-state index contributed by atoms with van der Waals surface area (Å²) in [6, 6.07) is 13.3. The normalized spacial score (nSPS) is 15.3. The summed E-state index contributed by atoms with van der Waals surface area (Å²) in [6.07, 6.45) is 1.45. The number of hydrogen-bond donors (Lipinski definition) is 1. The first-order chi connectivity index (χ1) is 15.3. The summed E-state index contributed by atoms with van der Waals surface area (Å²) in [5.74, 6) is -1.41.